The molecule has 1 aliphatic heterocycles. The Hall–Kier alpha value is -0.200. The second kappa shape index (κ2) is 8.83. The highest BCUT2D eigenvalue weighted by atomic mass is 16.5. The molecule has 0 aromatic rings. The van der Waals surface area contributed by atoms with Gasteiger partial charge in [-0.3, -0.25) is 9.80 Å². The summed E-state index contributed by atoms with van der Waals surface area (Å²) in [4.78, 5) is 7.18. The van der Waals surface area contributed by atoms with Crippen LogP contribution in [0.2, 0.25) is 0 Å². The third kappa shape index (κ3) is 6.95. The van der Waals surface area contributed by atoms with Crippen LogP contribution in [-0.4, -0.2) is 99.5 Å². The molecule has 1 saturated heterocycles. The van der Waals surface area contributed by atoms with Gasteiger partial charge in [0.05, 0.1) is 19.8 Å². The van der Waals surface area contributed by atoms with Gasteiger partial charge in [0.25, 0.3) is 0 Å². The van der Waals surface area contributed by atoms with Crippen LogP contribution < -0.4 is 0 Å². The zero-order chi connectivity index (χ0) is 12.5. The van der Waals surface area contributed by atoms with E-state index in [0.717, 1.165) is 45.9 Å². The maximum absolute atomic E-state index is 8.59. The number of ether oxygens (including phenoxy) is 1. The molecule has 0 spiro atoms. The van der Waals surface area contributed by atoms with Gasteiger partial charge in [0.2, 0.25) is 0 Å². The van der Waals surface area contributed by atoms with Crippen LogP contribution in [0.5, 0.6) is 0 Å². The first-order valence-corrected chi connectivity index (χ1v) is 6.50. The Morgan fingerprint density at radius 2 is 1.59 bits per heavy atom. The summed E-state index contributed by atoms with van der Waals surface area (Å²) in [6.07, 6.45) is 0. The predicted octanol–water partition coefficient (Wildman–Crippen LogP) is -0.825. The molecule has 5 nitrogen and oxygen atoms in total. The average molecular weight is 245 g/mol. The van der Waals surface area contributed by atoms with E-state index in [1.807, 2.05) is 0 Å². The molecule has 17 heavy (non-hydrogen) atoms. The molecule has 1 rings (SSSR count). The Bertz CT molecular complexity index is 183. The van der Waals surface area contributed by atoms with Crippen molar-refractivity contribution in [2.24, 2.45) is 0 Å². The molecule has 5 heteroatoms. The minimum absolute atomic E-state index is 0.123. The number of hydrogen-bond donors (Lipinski definition) is 1. The fourth-order valence-electron chi connectivity index (χ4n) is 1.94. The van der Waals surface area contributed by atoms with Crippen molar-refractivity contribution >= 4 is 0 Å². The number of nitrogens with zero attached hydrogens (tertiary/aromatic N) is 3. The molecule has 0 unspecified atom stereocenters. The van der Waals surface area contributed by atoms with Crippen LogP contribution >= 0.6 is 0 Å². The van der Waals surface area contributed by atoms with Crippen molar-refractivity contribution in [2.75, 3.05) is 79.7 Å². The maximum Gasteiger partial charge on any atom is 0.0698 e. The van der Waals surface area contributed by atoms with E-state index in [1.165, 1.54) is 6.54 Å². The normalized spacial score (nSPS) is 19.1. The van der Waals surface area contributed by atoms with E-state index in [4.69, 9.17) is 9.84 Å². The summed E-state index contributed by atoms with van der Waals surface area (Å²) >= 11 is 0. The van der Waals surface area contributed by atoms with Crippen LogP contribution in [0.3, 0.4) is 0 Å². The van der Waals surface area contributed by atoms with Gasteiger partial charge in [0, 0.05) is 45.8 Å². The fourth-order valence-corrected chi connectivity index (χ4v) is 1.94. The molecular formula is C12H27N3O2. The molecule has 0 aromatic carbocycles. The van der Waals surface area contributed by atoms with Crippen molar-refractivity contribution in [3.05, 3.63) is 0 Å². The van der Waals surface area contributed by atoms with Gasteiger partial charge in [0.15, 0.2) is 0 Å². The number of likely N-dealkylation sites (N-methyl/N-ethyl adjacent to an activating group) is 1. The van der Waals surface area contributed by atoms with E-state index < -0.39 is 0 Å². The number of rotatable bonds is 8. The Morgan fingerprint density at radius 3 is 2.12 bits per heavy atom. The molecule has 1 N–H and O–H groups in total. The van der Waals surface area contributed by atoms with E-state index in [9.17, 15) is 0 Å². The van der Waals surface area contributed by atoms with Gasteiger partial charge in [-0.15, -0.1) is 0 Å². The summed E-state index contributed by atoms with van der Waals surface area (Å²) < 4.78 is 5.28. The molecule has 1 aliphatic rings. The fraction of sp³-hybridized carbons (Fsp3) is 1.00. The Kier molecular flexibility index (Phi) is 7.72. The summed E-state index contributed by atoms with van der Waals surface area (Å²) in [5.74, 6) is 0. The largest absolute Gasteiger partial charge is 0.394 e. The van der Waals surface area contributed by atoms with Crippen molar-refractivity contribution in [3.63, 3.8) is 0 Å². The van der Waals surface area contributed by atoms with Gasteiger partial charge in [-0.2, -0.15) is 0 Å². The number of hydrogen-bond acceptors (Lipinski definition) is 5. The SMILES string of the molecule is CN(C)CCN1CCN(CCOCCO)CC1. The number of piperazine rings is 1. The first-order chi connectivity index (χ1) is 8.22. The Balaban J connectivity index is 2.01. The molecule has 0 bridgehead atoms. The van der Waals surface area contributed by atoms with Crippen LogP contribution in [0.25, 0.3) is 0 Å². The van der Waals surface area contributed by atoms with Crippen molar-refractivity contribution < 1.29 is 9.84 Å². The van der Waals surface area contributed by atoms with Crippen LogP contribution in [-0.2, 0) is 4.74 Å². The highest BCUT2D eigenvalue weighted by Gasteiger charge is 2.15. The van der Waals surface area contributed by atoms with E-state index in [1.54, 1.807) is 0 Å². The topological polar surface area (TPSA) is 39.2 Å². The molecule has 1 heterocycles. The highest BCUT2D eigenvalue weighted by Crippen LogP contribution is 2.01. The standard InChI is InChI=1S/C12H27N3O2/c1-13(2)3-4-14-5-7-15(8-6-14)9-11-17-12-10-16/h16H,3-12H2,1-2H3. The lowest BCUT2D eigenvalue weighted by Crippen LogP contribution is -2.48. The molecule has 102 valence electrons. The van der Waals surface area contributed by atoms with Gasteiger partial charge in [-0.25, -0.2) is 0 Å². The molecule has 0 aliphatic carbocycles. The lowest BCUT2D eigenvalue weighted by Gasteiger charge is -2.35. The summed E-state index contributed by atoms with van der Waals surface area (Å²) in [6, 6.07) is 0. The molecule has 0 radical (unpaired) electrons. The van der Waals surface area contributed by atoms with Gasteiger partial charge >= 0.3 is 0 Å². The van der Waals surface area contributed by atoms with E-state index in [0.29, 0.717) is 6.61 Å². The molecule has 0 amide bonds. The summed E-state index contributed by atoms with van der Waals surface area (Å²) in [5.41, 5.74) is 0. The van der Waals surface area contributed by atoms with Crippen LogP contribution in [0.4, 0.5) is 0 Å². The molecule has 0 atom stereocenters. The molecule has 1 fully saturated rings. The summed E-state index contributed by atoms with van der Waals surface area (Å²) in [5, 5.41) is 8.59. The van der Waals surface area contributed by atoms with E-state index in [2.05, 4.69) is 28.8 Å². The van der Waals surface area contributed by atoms with Crippen LogP contribution in [0.15, 0.2) is 0 Å². The zero-order valence-electron chi connectivity index (χ0n) is 11.3. The van der Waals surface area contributed by atoms with Gasteiger partial charge < -0.3 is 14.7 Å². The molecule has 0 aromatic heterocycles. The van der Waals surface area contributed by atoms with E-state index >= 15 is 0 Å². The average Bonchev–Trinajstić information content (AvgIpc) is 2.33. The monoisotopic (exact) mass is 245 g/mol. The summed E-state index contributed by atoms with van der Waals surface area (Å²) in [7, 11) is 4.24. The van der Waals surface area contributed by atoms with E-state index in [-0.39, 0.29) is 6.61 Å². The molecule has 0 saturated carbocycles. The van der Waals surface area contributed by atoms with Gasteiger partial charge in [-0.1, -0.05) is 0 Å². The third-order valence-corrected chi connectivity index (χ3v) is 3.12. The predicted molar refractivity (Wildman–Crippen MR) is 69.3 cm³/mol. The number of aliphatic hydroxyl groups is 1. The van der Waals surface area contributed by atoms with Crippen molar-refractivity contribution in [1.29, 1.82) is 0 Å². The van der Waals surface area contributed by atoms with Crippen molar-refractivity contribution in [1.82, 2.24) is 14.7 Å². The van der Waals surface area contributed by atoms with Crippen molar-refractivity contribution in [3.8, 4) is 0 Å². The highest BCUT2D eigenvalue weighted by molar-refractivity contribution is 4.72. The second-order valence-corrected chi connectivity index (χ2v) is 4.82. The zero-order valence-corrected chi connectivity index (χ0v) is 11.3. The first-order valence-electron chi connectivity index (χ1n) is 6.50. The third-order valence-electron chi connectivity index (χ3n) is 3.12. The molecular weight excluding hydrogens is 218 g/mol. The minimum Gasteiger partial charge on any atom is -0.394 e. The van der Waals surface area contributed by atoms with Gasteiger partial charge in [-0.05, 0) is 14.1 Å². The number of aliphatic hydroxyl groups excluding tert-OH is 1. The lowest BCUT2D eigenvalue weighted by atomic mass is 10.3. The van der Waals surface area contributed by atoms with Gasteiger partial charge in [0.1, 0.15) is 0 Å². The van der Waals surface area contributed by atoms with Crippen LogP contribution in [0.1, 0.15) is 0 Å². The van der Waals surface area contributed by atoms with Crippen molar-refractivity contribution in [2.45, 2.75) is 0 Å². The van der Waals surface area contributed by atoms with Crippen LogP contribution in [0, 0.1) is 0 Å². The second-order valence-electron chi connectivity index (χ2n) is 4.82. The Morgan fingerprint density at radius 1 is 1.00 bits per heavy atom. The maximum atomic E-state index is 8.59. The Labute approximate surface area is 105 Å². The summed E-state index contributed by atoms with van der Waals surface area (Å²) in [6.45, 7) is 9.20. The quantitative estimate of drug-likeness (QED) is 0.566. The lowest BCUT2D eigenvalue weighted by molar-refractivity contribution is 0.0566. The minimum atomic E-state index is 0.123. The first kappa shape index (κ1) is 14.9. The smallest absolute Gasteiger partial charge is 0.0698 e.